The lowest BCUT2D eigenvalue weighted by molar-refractivity contribution is -0.143. The van der Waals surface area contributed by atoms with Gasteiger partial charge in [-0.05, 0) is 45.1 Å². The molecule has 1 aliphatic heterocycles. The summed E-state index contributed by atoms with van der Waals surface area (Å²) in [6.07, 6.45) is 5.65. The Morgan fingerprint density at radius 3 is 2.94 bits per heavy atom. The molecule has 174 valence electrons. The van der Waals surface area contributed by atoms with Crippen LogP contribution >= 0.6 is 0 Å². The summed E-state index contributed by atoms with van der Waals surface area (Å²) >= 11 is 0. The molecule has 1 fully saturated rings. The minimum absolute atomic E-state index is 0.0201. The van der Waals surface area contributed by atoms with Crippen LogP contribution in [0.25, 0.3) is 0 Å². The molecule has 0 saturated heterocycles. The molecule has 2 N–H and O–H groups in total. The van der Waals surface area contributed by atoms with E-state index in [9.17, 15) is 15.0 Å². The lowest BCUT2D eigenvalue weighted by atomic mass is 9.81. The molecule has 0 aromatic heterocycles. The van der Waals surface area contributed by atoms with E-state index in [0.29, 0.717) is 32.3 Å². The highest BCUT2D eigenvalue weighted by Gasteiger charge is 2.56. The molecule has 6 atom stereocenters. The Hall–Kier alpha value is -2.29. The summed E-state index contributed by atoms with van der Waals surface area (Å²) in [6.45, 7) is 8.05. The third-order valence-corrected chi connectivity index (χ3v) is 6.75. The van der Waals surface area contributed by atoms with Crippen molar-refractivity contribution < 1.29 is 24.5 Å². The number of aliphatic hydroxyl groups is 2. The van der Waals surface area contributed by atoms with Gasteiger partial charge in [0.25, 0.3) is 0 Å². The van der Waals surface area contributed by atoms with Gasteiger partial charge >= 0.3 is 5.97 Å². The second-order valence-corrected chi connectivity index (χ2v) is 9.22. The van der Waals surface area contributed by atoms with Crippen molar-refractivity contribution in [1.82, 2.24) is 0 Å². The molecular weight excluding hydrogens is 404 g/mol. The lowest BCUT2D eigenvalue weighted by Crippen LogP contribution is -2.31. The molecule has 1 aromatic rings. The molecule has 1 heterocycles. The number of aliphatic hydroxyl groups excluding tert-OH is 2. The Bertz CT molecular complexity index is 895. The maximum absolute atomic E-state index is 11.7. The predicted octanol–water partition coefficient (Wildman–Crippen LogP) is 4.15. The summed E-state index contributed by atoms with van der Waals surface area (Å²) < 4.78 is 11.5. The Morgan fingerprint density at radius 2 is 2.22 bits per heavy atom. The van der Waals surface area contributed by atoms with E-state index >= 15 is 0 Å². The maximum Gasteiger partial charge on any atom is 0.305 e. The zero-order valence-electron chi connectivity index (χ0n) is 19.6. The zero-order chi connectivity index (χ0) is 23.3. The molecule has 1 aromatic carbocycles. The molecule has 0 bridgehead atoms. The third-order valence-electron chi connectivity index (χ3n) is 6.75. The first-order chi connectivity index (χ1) is 15.3. The van der Waals surface area contributed by atoms with Crippen LogP contribution in [0, 0.1) is 23.7 Å². The number of benzene rings is 1. The van der Waals surface area contributed by atoms with E-state index in [1.54, 1.807) is 6.92 Å². The van der Waals surface area contributed by atoms with E-state index in [2.05, 4.69) is 30.9 Å². The minimum atomic E-state index is -0.606. The van der Waals surface area contributed by atoms with Gasteiger partial charge in [0.1, 0.15) is 11.4 Å². The van der Waals surface area contributed by atoms with Gasteiger partial charge in [-0.25, -0.2) is 0 Å². The first-order valence-electron chi connectivity index (χ1n) is 11.7. The van der Waals surface area contributed by atoms with Crippen molar-refractivity contribution in [1.29, 1.82) is 0 Å². The molecule has 0 radical (unpaired) electrons. The molecule has 2 aliphatic rings. The largest absolute Gasteiger partial charge is 0.486 e. The number of ether oxygens (including phenoxy) is 2. The SMILES string of the molecule is CC#CC[C@H](C)[C@H](O)/C=C/[C@H]1[C@H](O)C[C@]2(C)Oc3c(CCCC(=O)OCC)cccc3[C@H]12. The van der Waals surface area contributed by atoms with Gasteiger partial charge in [-0.2, -0.15) is 0 Å². The fraction of sp³-hybridized carbons (Fsp3) is 0.593. The number of carbonyl (C=O) groups is 1. The van der Waals surface area contributed by atoms with Crippen LogP contribution in [0.4, 0.5) is 0 Å². The number of aryl methyl sites for hydroxylation is 1. The first kappa shape index (κ1) is 24.4. The number of carbonyl (C=O) groups excluding carboxylic acids is 1. The second-order valence-electron chi connectivity index (χ2n) is 9.22. The van der Waals surface area contributed by atoms with Gasteiger partial charge in [0, 0.05) is 36.7 Å². The zero-order valence-corrected chi connectivity index (χ0v) is 19.6. The molecule has 32 heavy (non-hydrogen) atoms. The summed E-state index contributed by atoms with van der Waals surface area (Å²) in [5.74, 6) is 6.52. The van der Waals surface area contributed by atoms with Crippen LogP contribution < -0.4 is 4.74 Å². The van der Waals surface area contributed by atoms with E-state index in [4.69, 9.17) is 9.47 Å². The number of esters is 1. The average Bonchev–Trinajstić information content (AvgIpc) is 3.17. The van der Waals surface area contributed by atoms with Gasteiger partial charge in [0.2, 0.25) is 0 Å². The highest BCUT2D eigenvalue weighted by molar-refractivity contribution is 5.69. The topological polar surface area (TPSA) is 76.0 Å². The van der Waals surface area contributed by atoms with Gasteiger partial charge < -0.3 is 19.7 Å². The minimum Gasteiger partial charge on any atom is -0.486 e. The Balaban J connectivity index is 1.76. The molecule has 5 nitrogen and oxygen atoms in total. The normalized spacial score (nSPS) is 27.8. The monoisotopic (exact) mass is 440 g/mol. The molecule has 0 unspecified atom stereocenters. The maximum atomic E-state index is 11.7. The lowest BCUT2D eigenvalue weighted by Gasteiger charge is -2.25. The van der Waals surface area contributed by atoms with Crippen molar-refractivity contribution >= 4 is 5.97 Å². The molecule has 3 rings (SSSR count). The van der Waals surface area contributed by atoms with Crippen molar-refractivity contribution in [2.45, 2.75) is 83.5 Å². The smallest absolute Gasteiger partial charge is 0.305 e. The molecule has 1 aliphatic carbocycles. The predicted molar refractivity (Wildman–Crippen MR) is 124 cm³/mol. The number of fused-ring (bicyclic) bond motifs is 3. The summed E-state index contributed by atoms with van der Waals surface area (Å²) in [7, 11) is 0. The van der Waals surface area contributed by atoms with Crippen LogP contribution in [0.3, 0.4) is 0 Å². The highest BCUT2D eigenvalue weighted by atomic mass is 16.5. The van der Waals surface area contributed by atoms with E-state index in [1.165, 1.54) is 0 Å². The number of hydrogen-bond acceptors (Lipinski definition) is 5. The fourth-order valence-electron chi connectivity index (χ4n) is 5.06. The summed E-state index contributed by atoms with van der Waals surface area (Å²) in [4.78, 5) is 11.7. The summed E-state index contributed by atoms with van der Waals surface area (Å²) in [5.41, 5.74) is 1.70. The molecule has 5 heteroatoms. The number of hydrogen-bond donors (Lipinski definition) is 2. The quantitative estimate of drug-likeness (QED) is 0.343. The Morgan fingerprint density at radius 1 is 1.44 bits per heavy atom. The van der Waals surface area contributed by atoms with Crippen molar-refractivity contribution in [3.63, 3.8) is 0 Å². The van der Waals surface area contributed by atoms with E-state index in [-0.39, 0.29) is 23.7 Å². The third kappa shape index (κ3) is 5.19. The van der Waals surface area contributed by atoms with Crippen molar-refractivity contribution in [2.24, 2.45) is 11.8 Å². The van der Waals surface area contributed by atoms with Crippen LogP contribution in [-0.4, -0.2) is 40.6 Å². The second kappa shape index (κ2) is 10.6. The Labute approximate surface area is 191 Å². The number of rotatable bonds is 9. The van der Waals surface area contributed by atoms with Crippen LogP contribution in [0.5, 0.6) is 5.75 Å². The van der Waals surface area contributed by atoms with Crippen molar-refractivity contribution in [2.75, 3.05) is 6.61 Å². The molecule has 1 saturated carbocycles. The molecule has 0 spiro atoms. The fourth-order valence-corrected chi connectivity index (χ4v) is 5.06. The van der Waals surface area contributed by atoms with Gasteiger partial charge in [0.05, 0.1) is 18.8 Å². The summed E-state index contributed by atoms with van der Waals surface area (Å²) in [5, 5.41) is 21.3. The molecular formula is C27H36O5. The van der Waals surface area contributed by atoms with Crippen LogP contribution in [0.1, 0.15) is 70.4 Å². The van der Waals surface area contributed by atoms with Crippen LogP contribution in [-0.2, 0) is 16.0 Å². The Kier molecular flexibility index (Phi) is 8.03. The van der Waals surface area contributed by atoms with Gasteiger partial charge in [0.15, 0.2) is 0 Å². The standard InChI is InChI=1S/C27H36O5/c1-5-7-10-18(3)22(28)16-15-20-23(29)17-27(4)25(20)21-13-8-11-19(26(21)32-27)12-9-14-24(30)31-6-2/h8,11,13,15-16,18,20,22-23,25,28-29H,6,9-10,12,14,17H2,1-4H3/b16-15+/t18-,20-,22+,23+,25-,27-/m0/s1. The molecule has 0 amide bonds. The van der Waals surface area contributed by atoms with E-state index in [1.807, 2.05) is 32.1 Å². The van der Waals surface area contributed by atoms with Crippen molar-refractivity contribution in [3.05, 3.63) is 41.5 Å². The highest BCUT2D eigenvalue weighted by Crippen LogP contribution is 2.57. The van der Waals surface area contributed by atoms with Crippen molar-refractivity contribution in [3.8, 4) is 17.6 Å². The van der Waals surface area contributed by atoms with Gasteiger partial charge in [-0.1, -0.05) is 37.3 Å². The van der Waals surface area contributed by atoms with Gasteiger partial charge in [-0.3, -0.25) is 4.79 Å². The first-order valence-corrected chi connectivity index (χ1v) is 11.7. The van der Waals surface area contributed by atoms with Gasteiger partial charge in [-0.15, -0.1) is 11.8 Å². The van der Waals surface area contributed by atoms with Crippen LogP contribution in [0.2, 0.25) is 0 Å². The van der Waals surface area contributed by atoms with E-state index in [0.717, 1.165) is 23.3 Å². The van der Waals surface area contributed by atoms with Crippen LogP contribution in [0.15, 0.2) is 30.4 Å². The summed E-state index contributed by atoms with van der Waals surface area (Å²) in [6, 6.07) is 6.16. The average molecular weight is 441 g/mol. The number of para-hydroxylation sites is 1. The van der Waals surface area contributed by atoms with E-state index < -0.39 is 17.8 Å².